The van der Waals surface area contributed by atoms with Crippen LogP contribution in [-0.4, -0.2) is 12.2 Å². The molecule has 2 aromatic carbocycles. The first-order chi connectivity index (χ1) is 10.1. The molecular formula is C16H11ClO4. The van der Waals surface area contributed by atoms with Gasteiger partial charge in [0.25, 0.3) is 0 Å². The van der Waals surface area contributed by atoms with Crippen LogP contribution in [0.5, 0.6) is 11.5 Å². The lowest BCUT2D eigenvalue weighted by Crippen LogP contribution is -2.06. The number of hydrogen-bond acceptors (Lipinski definition) is 4. The molecule has 0 aliphatic carbocycles. The van der Waals surface area contributed by atoms with Crippen molar-refractivity contribution in [1.29, 1.82) is 0 Å². The number of phenolic OH excluding ortho intramolecular Hbond substituents is 1. The smallest absolute Gasteiger partial charge is 0.204 e. The van der Waals surface area contributed by atoms with Crippen molar-refractivity contribution in [2.75, 3.05) is 7.11 Å². The average Bonchev–Trinajstić information content (AvgIpc) is 2.46. The zero-order valence-electron chi connectivity index (χ0n) is 11.1. The van der Waals surface area contributed by atoms with Crippen LogP contribution in [-0.2, 0) is 0 Å². The van der Waals surface area contributed by atoms with E-state index in [0.29, 0.717) is 16.1 Å². The van der Waals surface area contributed by atoms with Crippen LogP contribution in [0.2, 0.25) is 5.02 Å². The van der Waals surface area contributed by atoms with Crippen molar-refractivity contribution in [3.8, 4) is 22.6 Å². The van der Waals surface area contributed by atoms with E-state index in [2.05, 4.69) is 0 Å². The van der Waals surface area contributed by atoms with Crippen molar-refractivity contribution in [2.45, 2.75) is 0 Å². The van der Waals surface area contributed by atoms with Crippen LogP contribution in [0.25, 0.3) is 22.1 Å². The topological polar surface area (TPSA) is 59.7 Å². The van der Waals surface area contributed by atoms with Crippen LogP contribution >= 0.6 is 11.6 Å². The molecule has 0 fully saturated rings. The molecule has 1 aromatic heterocycles. The highest BCUT2D eigenvalue weighted by molar-refractivity contribution is 6.30. The molecule has 4 nitrogen and oxygen atoms in total. The highest BCUT2D eigenvalue weighted by Gasteiger charge is 2.14. The van der Waals surface area contributed by atoms with Gasteiger partial charge in [0.15, 0.2) is 0 Å². The lowest BCUT2D eigenvalue weighted by Gasteiger charge is -2.07. The first kappa shape index (κ1) is 13.5. The molecule has 0 saturated carbocycles. The third kappa shape index (κ3) is 2.34. The van der Waals surface area contributed by atoms with Gasteiger partial charge in [0.2, 0.25) is 5.43 Å². The number of ether oxygens (including phenoxy) is 1. The fraction of sp³-hybridized carbons (Fsp3) is 0.0625. The molecule has 0 radical (unpaired) electrons. The second-order valence-corrected chi connectivity index (χ2v) is 4.95. The lowest BCUT2D eigenvalue weighted by atomic mass is 10.1. The second-order valence-electron chi connectivity index (χ2n) is 4.51. The number of phenols is 1. The minimum absolute atomic E-state index is 0.0296. The van der Waals surface area contributed by atoms with E-state index >= 15 is 0 Å². The van der Waals surface area contributed by atoms with Gasteiger partial charge in [0, 0.05) is 17.2 Å². The number of aromatic hydroxyl groups is 1. The highest BCUT2D eigenvalue weighted by Crippen LogP contribution is 2.30. The largest absolute Gasteiger partial charge is 0.508 e. The van der Waals surface area contributed by atoms with Crippen molar-refractivity contribution in [1.82, 2.24) is 0 Å². The molecule has 1 heterocycles. The van der Waals surface area contributed by atoms with E-state index < -0.39 is 0 Å². The minimum Gasteiger partial charge on any atom is -0.508 e. The van der Waals surface area contributed by atoms with E-state index in [0.717, 1.165) is 0 Å². The Hall–Kier alpha value is -2.46. The van der Waals surface area contributed by atoms with Crippen molar-refractivity contribution in [3.05, 3.63) is 57.9 Å². The van der Waals surface area contributed by atoms with Gasteiger partial charge in [-0.1, -0.05) is 23.7 Å². The van der Waals surface area contributed by atoms with Crippen LogP contribution in [0, 0.1) is 0 Å². The molecule has 0 aliphatic heterocycles. The Bertz CT molecular complexity index is 883. The zero-order chi connectivity index (χ0) is 15.0. The molecule has 0 saturated heterocycles. The van der Waals surface area contributed by atoms with Crippen molar-refractivity contribution in [3.63, 3.8) is 0 Å². The maximum atomic E-state index is 12.7. The summed E-state index contributed by atoms with van der Waals surface area (Å²) in [6, 6.07) is 9.70. The van der Waals surface area contributed by atoms with E-state index in [4.69, 9.17) is 20.8 Å². The summed E-state index contributed by atoms with van der Waals surface area (Å²) in [6.45, 7) is 0. The summed E-state index contributed by atoms with van der Waals surface area (Å²) < 4.78 is 10.6. The van der Waals surface area contributed by atoms with Gasteiger partial charge in [0.05, 0.1) is 12.7 Å². The predicted octanol–water partition coefficient (Wildman–Crippen LogP) is 3.83. The summed E-state index contributed by atoms with van der Waals surface area (Å²) in [5, 5.41) is 10.4. The van der Waals surface area contributed by atoms with Gasteiger partial charge in [0.1, 0.15) is 28.7 Å². The van der Waals surface area contributed by atoms with E-state index in [1.54, 1.807) is 24.3 Å². The van der Waals surface area contributed by atoms with Gasteiger partial charge in [-0.05, 0) is 17.7 Å². The molecule has 21 heavy (non-hydrogen) atoms. The monoisotopic (exact) mass is 302 g/mol. The molecule has 3 rings (SSSR count). The molecule has 0 atom stereocenters. The molecule has 106 valence electrons. The van der Waals surface area contributed by atoms with Gasteiger partial charge < -0.3 is 14.3 Å². The number of halogens is 1. The standard InChI is InChI=1S/C16H11ClO4/c1-20-13-6-11(18)7-14-15(13)16(19)12(8-21-14)9-3-2-4-10(17)5-9/h2-8,18H,1H3. The Morgan fingerprint density at radius 3 is 2.76 bits per heavy atom. The normalized spacial score (nSPS) is 10.8. The van der Waals surface area contributed by atoms with E-state index in [1.807, 2.05) is 0 Å². The fourth-order valence-corrected chi connectivity index (χ4v) is 2.41. The van der Waals surface area contributed by atoms with Gasteiger partial charge >= 0.3 is 0 Å². The number of fused-ring (bicyclic) bond motifs is 1. The van der Waals surface area contributed by atoms with Crippen LogP contribution in [0.15, 0.2) is 51.9 Å². The fourth-order valence-electron chi connectivity index (χ4n) is 2.22. The number of hydrogen-bond donors (Lipinski definition) is 1. The van der Waals surface area contributed by atoms with Gasteiger partial charge in [-0.3, -0.25) is 4.79 Å². The summed E-state index contributed by atoms with van der Waals surface area (Å²) in [5.41, 5.74) is 1.07. The molecule has 0 spiro atoms. The molecule has 0 amide bonds. The maximum Gasteiger partial charge on any atom is 0.204 e. The van der Waals surface area contributed by atoms with Crippen LogP contribution in [0.3, 0.4) is 0 Å². The number of rotatable bonds is 2. The lowest BCUT2D eigenvalue weighted by molar-refractivity contribution is 0.411. The average molecular weight is 303 g/mol. The SMILES string of the molecule is COc1cc(O)cc2occ(-c3cccc(Cl)c3)c(=O)c12. The predicted molar refractivity (Wildman–Crippen MR) is 81.1 cm³/mol. The van der Waals surface area contributed by atoms with Crippen molar-refractivity contribution >= 4 is 22.6 Å². The molecule has 0 aliphatic rings. The third-order valence-electron chi connectivity index (χ3n) is 3.18. The first-order valence-corrected chi connectivity index (χ1v) is 6.56. The summed E-state index contributed by atoms with van der Waals surface area (Å²) in [7, 11) is 1.43. The van der Waals surface area contributed by atoms with Gasteiger partial charge in [-0.15, -0.1) is 0 Å². The summed E-state index contributed by atoms with van der Waals surface area (Å²) in [4.78, 5) is 12.7. The molecule has 5 heteroatoms. The number of benzene rings is 2. The molecule has 1 N–H and O–H groups in total. The minimum atomic E-state index is -0.240. The molecular weight excluding hydrogens is 292 g/mol. The Kier molecular flexibility index (Phi) is 3.31. The molecule has 0 unspecified atom stereocenters. The number of methoxy groups -OCH3 is 1. The van der Waals surface area contributed by atoms with Crippen LogP contribution < -0.4 is 10.2 Å². The Labute approximate surface area is 125 Å². The summed E-state index contributed by atoms with van der Waals surface area (Å²) >= 11 is 5.95. The van der Waals surface area contributed by atoms with Crippen molar-refractivity contribution in [2.24, 2.45) is 0 Å². The van der Waals surface area contributed by atoms with Crippen LogP contribution in [0.1, 0.15) is 0 Å². The summed E-state index contributed by atoms with van der Waals surface area (Å²) in [6.07, 6.45) is 1.36. The Morgan fingerprint density at radius 1 is 1.24 bits per heavy atom. The second kappa shape index (κ2) is 5.14. The third-order valence-corrected chi connectivity index (χ3v) is 3.42. The summed E-state index contributed by atoms with van der Waals surface area (Å²) in [5.74, 6) is 0.237. The maximum absolute atomic E-state index is 12.7. The zero-order valence-corrected chi connectivity index (χ0v) is 11.8. The van der Waals surface area contributed by atoms with E-state index in [1.165, 1.54) is 25.5 Å². The molecule has 3 aromatic rings. The first-order valence-electron chi connectivity index (χ1n) is 6.18. The van der Waals surface area contributed by atoms with Crippen molar-refractivity contribution < 1.29 is 14.3 Å². The molecule has 0 bridgehead atoms. The van der Waals surface area contributed by atoms with Crippen LogP contribution in [0.4, 0.5) is 0 Å². The quantitative estimate of drug-likeness (QED) is 0.781. The van der Waals surface area contributed by atoms with E-state index in [9.17, 15) is 9.90 Å². The van der Waals surface area contributed by atoms with E-state index in [-0.39, 0.29) is 27.9 Å². The van der Waals surface area contributed by atoms with Gasteiger partial charge in [-0.2, -0.15) is 0 Å². The highest BCUT2D eigenvalue weighted by atomic mass is 35.5. The Balaban J connectivity index is 2.35. The Morgan fingerprint density at radius 2 is 2.05 bits per heavy atom. The van der Waals surface area contributed by atoms with Gasteiger partial charge in [-0.25, -0.2) is 0 Å².